The molecule has 2 N–H and O–H groups in total. The minimum atomic E-state index is -0.390. The summed E-state index contributed by atoms with van der Waals surface area (Å²) >= 11 is 6.13. The van der Waals surface area contributed by atoms with E-state index in [0.29, 0.717) is 0 Å². The Labute approximate surface area is 182 Å². The second-order valence-electron chi connectivity index (χ2n) is 7.65. The number of piperazine rings is 1. The van der Waals surface area contributed by atoms with Crippen molar-refractivity contribution < 1.29 is 4.79 Å². The molecule has 2 atom stereocenters. The summed E-state index contributed by atoms with van der Waals surface area (Å²) in [6.45, 7) is 3.25. The molecular formula is C25H26ClN3O. The second kappa shape index (κ2) is 9.43. The molecule has 0 aliphatic carbocycles. The van der Waals surface area contributed by atoms with Crippen LogP contribution in [0, 0.1) is 0 Å². The Morgan fingerprint density at radius 2 is 1.17 bits per heavy atom. The maximum absolute atomic E-state index is 12.2. The number of nitrogens with zero attached hydrogens (tertiary/aromatic N) is 2. The molecular weight excluding hydrogens is 394 g/mol. The van der Waals surface area contributed by atoms with Crippen molar-refractivity contribution >= 4 is 17.5 Å². The van der Waals surface area contributed by atoms with Gasteiger partial charge in [-0.3, -0.25) is 14.6 Å². The number of halogens is 1. The van der Waals surface area contributed by atoms with Gasteiger partial charge in [-0.2, -0.15) is 0 Å². The summed E-state index contributed by atoms with van der Waals surface area (Å²) in [5, 5.41) is 0.738. The van der Waals surface area contributed by atoms with E-state index in [1.807, 2.05) is 48.5 Å². The fourth-order valence-corrected chi connectivity index (χ4v) is 4.46. The number of rotatable bonds is 6. The number of carbonyl (C=O) groups is 1. The van der Waals surface area contributed by atoms with Crippen LogP contribution in [0.5, 0.6) is 0 Å². The molecule has 1 heterocycles. The van der Waals surface area contributed by atoms with E-state index in [9.17, 15) is 4.79 Å². The highest BCUT2D eigenvalue weighted by atomic mass is 35.5. The minimum Gasteiger partial charge on any atom is -0.368 e. The number of benzene rings is 3. The summed E-state index contributed by atoms with van der Waals surface area (Å²) in [5.41, 5.74) is 9.21. The maximum atomic E-state index is 12.2. The third kappa shape index (κ3) is 4.57. The molecule has 0 spiro atoms. The van der Waals surface area contributed by atoms with E-state index in [-0.39, 0.29) is 18.0 Å². The zero-order valence-electron chi connectivity index (χ0n) is 16.8. The Kier molecular flexibility index (Phi) is 6.48. The zero-order valence-corrected chi connectivity index (χ0v) is 17.6. The second-order valence-corrected chi connectivity index (χ2v) is 8.09. The Morgan fingerprint density at radius 3 is 1.70 bits per heavy atom. The number of primary amides is 1. The molecule has 1 aliphatic rings. The van der Waals surface area contributed by atoms with Gasteiger partial charge in [-0.25, -0.2) is 0 Å². The van der Waals surface area contributed by atoms with Gasteiger partial charge in [0.2, 0.25) is 5.91 Å². The summed E-state index contributed by atoms with van der Waals surface area (Å²) in [6.07, 6.45) is 0. The van der Waals surface area contributed by atoms with Crippen molar-refractivity contribution in [3.63, 3.8) is 0 Å². The Morgan fingerprint density at radius 1 is 0.700 bits per heavy atom. The van der Waals surface area contributed by atoms with E-state index in [2.05, 4.69) is 46.2 Å². The highest BCUT2D eigenvalue weighted by Gasteiger charge is 2.32. The van der Waals surface area contributed by atoms with Crippen molar-refractivity contribution in [3.05, 3.63) is 107 Å². The quantitative estimate of drug-likeness (QED) is 0.649. The van der Waals surface area contributed by atoms with Crippen LogP contribution in [0.4, 0.5) is 0 Å². The van der Waals surface area contributed by atoms with Crippen molar-refractivity contribution in [2.45, 2.75) is 12.1 Å². The predicted molar refractivity (Wildman–Crippen MR) is 121 cm³/mol. The van der Waals surface area contributed by atoms with Crippen LogP contribution in [-0.2, 0) is 4.79 Å². The molecule has 1 amide bonds. The lowest BCUT2D eigenvalue weighted by molar-refractivity contribution is -0.124. The monoisotopic (exact) mass is 419 g/mol. The van der Waals surface area contributed by atoms with Gasteiger partial charge in [-0.1, -0.05) is 84.4 Å². The zero-order chi connectivity index (χ0) is 20.9. The van der Waals surface area contributed by atoms with Crippen molar-refractivity contribution in [2.24, 2.45) is 5.73 Å². The molecule has 4 nitrogen and oxygen atoms in total. The Balaban J connectivity index is 1.55. The fourth-order valence-electron chi connectivity index (χ4n) is 4.34. The molecule has 3 aromatic rings. The summed E-state index contributed by atoms with van der Waals surface area (Å²) in [4.78, 5) is 16.9. The number of amides is 1. The summed E-state index contributed by atoms with van der Waals surface area (Å²) in [6, 6.07) is 28.2. The van der Waals surface area contributed by atoms with Gasteiger partial charge in [0.15, 0.2) is 0 Å². The molecule has 5 heteroatoms. The van der Waals surface area contributed by atoms with Crippen LogP contribution in [0.3, 0.4) is 0 Å². The topological polar surface area (TPSA) is 49.6 Å². The van der Waals surface area contributed by atoms with Gasteiger partial charge in [0.25, 0.3) is 0 Å². The summed E-state index contributed by atoms with van der Waals surface area (Å²) in [5.74, 6) is -0.299. The van der Waals surface area contributed by atoms with Crippen LogP contribution in [0.1, 0.15) is 28.8 Å². The first-order chi connectivity index (χ1) is 14.6. The van der Waals surface area contributed by atoms with E-state index in [1.54, 1.807) is 0 Å². The van der Waals surface area contributed by atoms with E-state index >= 15 is 0 Å². The molecule has 1 fully saturated rings. The highest BCUT2D eigenvalue weighted by Crippen LogP contribution is 2.32. The molecule has 0 saturated carbocycles. The van der Waals surface area contributed by atoms with Gasteiger partial charge in [-0.15, -0.1) is 0 Å². The Hall–Kier alpha value is -2.66. The van der Waals surface area contributed by atoms with Gasteiger partial charge in [-0.05, 0) is 28.8 Å². The normalized spacial score (nSPS) is 17.4. The average molecular weight is 420 g/mol. The lowest BCUT2D eigenvalue weighted by Crippen LogP contribution is -2.51. The van der Waals surface area contributed by atoms with Crippen LogP contribution in [0.25, 0.3) is 0 Å². The average Bonchev–Trinajstić information content (AvgIpc) is 2.78. The largest absolute Gasteiger partial charge is 0.368 e. The van der Waals surface area contributed by atoms with Crippen LogP contribution in [-0.4, -0.2) is 41.9 Å². The molecule has 0 radical (unpaired) electrons. The molecule has 30 heavy (non-hydrogen) atoms. The van der Waals surface area contributed by atoms with Crippen LogP contribution in [0.2, 0.25) is 5.02 Å². The van der Waals surface area contributed by atoms with Crippen molar-refractivity contribution in [1.82, 2.24) is 9.80 Å². The van der Waals surface area contributed by atoms with E-state index in [4.69, 9.17) is 17.3 Å². The molecule has 0 aromatic heterocycles. The SMILES string of the molecule is NC(=O)[C@@H](c1ccccc1)N1CCN([C@H](c2ccccc2)c2ccc(Cl)cc2)CC1. The molecule has 0 unspecified atom stereocenters. The maximum Gasteiger partial charge on any atom is 0.239 e. The minimum absolute atomic E-state index is 0.148. The van der Waals surface area contributed by atoms with Crippen LogP contribution < -0.4 is 5.73 Å². The van der Waals surface area contributed by atoms with E-state index in [0.717, 1.165) is 36.8 Å². The number of hydrogen-bond donors (Lipinski definition) is 1. The molecule has 1 saturated heterocycles. The molecule has 154 valence electrons. The van der Waals surface area contributed by atoms with Gasteiger partial charge in [0.1, 0.15) is 6.04 Å². The number of nitrogens with two attached hydrogens (primary N) is 1. The highest BCUT2D eigenvalue weighted by molar-refractivity contribution is 6.30. The van der Waals surface area contributed by atoms with E-state index in [1.165, 1.54) is 11.1 Å². The van der Waals surface area contributed by atoms with Gasteiger partial charge in [0.05, 0.1) is 6.04 Å². The molecule has 3 aromatic carbocycles. The third-order valence-electron chi connectivity index (χ3n) is 5.77. The lowest BCUT2D eigenvalue weighted by atomic mass is 9.96. The van der Waals surface area contributed by atoms with Crippen LogP contribution in [0.15, 0.2) is 84.9 Å². The van der Waals surface area contributed by atoms with Gasteiger partial charge in [0, 0.05) is 31.2 Å². The van der Waals surface area contributed by atoms with Crippen molar-refractivity contribution in [2.75, 3.05) is 26.2 Å². The summed E-state index contributed by atoms with van der Waals surface area (Å²) < 4.78 is 0. The van der Waals surface area contributed by atoms with Crippen molar-refractivity contribution in [1.29, 1.82) is 0 Å². The molecule has 0 bridgehead atoms. The van der Waals surface area contributed by atoms with E-state index < -0.39 is 0 Å². The number of carbonyl (C=O) groups excluding carboxylic acids is 1. The first-order valence-electron chi connectivity index (χ1n) is 10.3. The molecule has 1 aliphatic heterocycles. The van der Waals surface area contributed by atoms with Gasteiger partial charge < -0.3 is 5.73 Å². The first kappa shape index (κ1) is 20.6. The lowest BCUT2D eigenvalue weighted by Gasteiger charge is -2.42. The van der Waals surface area contributed by atoms with Crippen molar-refractivity contribution in [3.8, 4) is 0 Å². The summed E-state index contributed by atoms with van der Waals surface area (Å²) in [7, 11) is 0. The smallest absolute Gasteiger partial charge is 0.239 e. The third-order valence-corrected chi connectivity index (χ3v) is 6.02. The number of hydrogen-bond acceptors (Lipinski definition) is 3. The predicted octanol–water partition coefficient (Wildman–Crippen LogP) is 4.27. The van der Waals surface area contributed by atoms with Crippen LogP contribution >= 0.6 is 11.6 Å². The standard InChI is InChI=1S/C25H26ClN3O/c26-22-13-11-21(12-14-22)23(19-7-3-1-4-8-19)28-15-17-29(18-16-28)24(25(27)30)20-9-5-2-6-10-20/h1-14,23-24H,15-18H2,(H2,27,30)/t23-,24-/m1/s1. The fraction of sp³-hybridized carbons (Fsp3) is 0.240. The van der Waals surface area contributed by atoms with Gasteiger partial charge >= 0.3 is 0 Å². The first-order valence-corrected chi connectivity index (χ1v) is 10.6. The Bertz CT molecular complexity index is 955. The molecule has 4 rings (SSSR count).